The number of halogens is 1. The molecule has 3 aromatic carbocycles. The van der Waals surface area contributed by atoms with Crippen LogP contribution in [-0.2, 0) is 34.0 Å². The average Bonchev–Trinajstić information content (AvgIpc) is 4.60. The van der Waals surface area contributed by atoms with E-state index in [0.717, 1.165) is 65.5 Å². The van der Waals surface area contributed by atoms with Gasteiger partial charge in [-0.15, -0.1) is 34.0 Å². The summed E-state index contributed by atoms with van der Waals surface area (Å²) in [5, 5.41) is 16.3. The lowest BCUT2D eigenvalue weighted by Crippen LogP contribution is -2.24. The first-order chi connectivity index (χ1) is 41.0. The molecule has 0 atom stereocenters. The standard InChI is InChI=1S/C21H22N4O3S.C20H19ClN4O2S.C20H21N5O2S/c1-4-19(26)25(2)16-8-6-15(7-9-16)21-24-17(13-29-21)20(27)23-12-14-5-10-18(28-3)22-11-14;2*1-3-18(26)25(2)15-7-5-14(6-8-15)20-24-16(12-28-20)19(27)23-11-13-4-9-17(21)22-10-13/h5-11,13H,4,12H2,1-3H3,(H,23,27);4-10,12H,3,11H2,1-2H3,(H,23,27);4-10,12H,3,11H2,1-2H3,(H2,21,22)(H,23,27). The van der Waals surface area contributed by atoms with Crippen LogP contribution < -0.4 is 41.1 Å². The minimum Gasteiger partial charge on any atom is -0.481 e. The summed E-state index contributed by atoms with van der Waals surface area (Å²) in [5.74, 6) is 0.392. The van der Waals surface area contributed by atoms with E-state index in [-0.39, 0.29) is 35.4 Å². The van der Waals surface area contributed by atoms with Crippen LogP contribution in [0.25, 0.3) is 31.7 Å². The smallest absolute Gasteiger partial charge is 0.271 e. The number of methoxy groups -OCH3 is 1. The lowest BCUT2D eigenvalue weighted by Gasteiger charge is -2.16. The third-order valence-corrected chi connectivity index (χ3v) is 15.6. The second-order valence-corrected chi connectivity index (χ2v) is 21.5. The molecule has 85 heavy (non-hydrogen) atoms. The van der Waals surface area contributed by atoms with Gasteiger partial charge in [-0.05, 0) is 102 Å². The van der Waals surface area contributed by atoms with Crippen LogP contribution in [0.4, 0.5) is 22.9 Å². The summed E-state index contributed by atoms with van der Waals surface area (Å²) in [6.07, 6.45) is 6.27. The van der Waals surface area contributed by atoms with Crippen molar-refractivity contribution in [1.29, 1.82) is 0 Å². The molecule has 0 saturated carbocycles. The van der Waals surface area contributed by atoms with Crippen molar-refractivity contribution in [1.82, 2.24) is 45.9 Å². The quantitative estimate of drug-likeness (QED) is 0.0549. The monoisotopic (exact) mass is 1220 g/mol. The summed E-state index contributed by atoms with van der Waals surface area (Å²) in [6.45, 7) is 6.56. The van der Waals surface area contributed by atoms with Crippen molar-refractivity contribution in [3.8, 4) is 37.6 Å². The van der Waals surface area contributed by atoms with Gasteiger partial charge in [0, 0.05) is 135 Å². The minimum absolute atomic E-state index is 0.0526. The Morgan fingerprint density at radius 1 is 0.471 bits per heavy atom. The van der Waals surface area contributed by atoms with Crippen LogP contribution in [0, 0.1) is 0 Å². The Labute approximate surface area is 509 Å². The van der Waals surface area contributed by atoms with Gasteiger partial charge in [0.25, 0.3) is 17.7 Å². The molecule has 0 aliphatic heterocycles. The SMILES string of the molecule is CCC(=O)N(C)c1ccc(-c2nc(C(=O)NCc3ccc(Cl)nc3)cs2)cc1.CCC(=O)N(C)c1ccc(-c2nc(C(=O)NCc3ccc(N)nc3)cs2)cc1.CCC(=O)N(C)c1ccc(-c2nc(C(=O)NCc3ccc(OC)nc3)cs2)cc1. The van der Waals surface area contributed by atoms with E-state index in [4.69, 9.17) is 22.1 Å². The zero-order valence-electron chi connectivity index (χ0n) is 47.7. The molecule has 438 valence electrons. The number of amides is 6. The number of benzene rings is 3. The fourth-order valence-corrected chi connectivity index (χ4v) is 10.2. The molecule has 6 amide bonds. The summed E-state index contributed by atoms with van der Waals surface area (Å²) in [5.41, 5.74) is 14.4. The van der Waals surface area contributed by atoms with E-state index in [0.29, 0.717) is 72.8 Å². The van der Waals surface area contributed by atoms with Gasteiger partial charge in [0.1, 0.15) is 43.1 Å². The zero-order chi connectivity index (χ0) is 61.0. The van der Waals surface area contributed by atoms with Gasteiger partial charge in [0.05, 0.1) is 7.11 Å². The van der Waals surface area contributed by atoms with Crippen molar-refractivity contribution >= 4 is 104 Å². The van der Waals surface area contributed by atoms with Gasteiger partial charge in [-0.2, -0.15) is 0 Å². The number of nitrogen functional groups attached to an aromatic ring is 1. The van der Waals surface area contributed by atoms with Crippen LogP contribution in [0.3, 0.4) is 0 Å². The van der Waals surface area contributed by atoms with Crippen molar-refractivity contribution in [3.05, 3.63) is 183 Å². The molecule has 20 nitrogen and oxygen atoms in total. The second kappa shape index (κ2) is 30.8. The van der Waals surface area contributed by atoms with Gasteiger partial charge in [-0.1, -0.05) is 50.6 Å². The Kier molecular flexibility index (Phi) is 23.0. The van der Waals surface area contributed by atoms with E-state index >= 15 is 0 Å². The maximum absolute atomic E-state index is 12.4. The number of rotatable bonds is 19. The van der Waals surface area contributed by atoms with Gasteiger partial charge in [0.15, 0.2) is 0 Å². The minimum atomic E-state index is -0.248. The number of nitrogens with two attached hydrogens (primary N) is 1. The molecule has 0 saturated heterocycles. The summed E-state index contributed by atoms with van der Waals surface area (Å²) in [6, 6.07) is 33.2. The molecule has 0 radical (unpaired) electrons. The van der Waals surface area contributed by atoms with E-state index in [2.05, 4.69) is 45.9 Å². The number of nitrogens with zero attached hydrogens (tertiary/aromatic N) is 9. The van der Waals surface area contributed by atoms with Crippen molar-refractivity contribution in [2.45, 2.75) is 59.7 Å². The first-order valence-corrected chi connectivity index (χ1v) is 29.6. The van der Waals surface area contributed by atoms with Gasteiger partial charge >= 0.3 is 0 Å². The molecule has 0 bridgehead atoms. The molecule has 0 spiro atoms. The molecule has 6 aromatic heterocycles. The molecule has 0 aliphatic rings. The van der Waals surface area contributed by atoms with Crippen LogP contribution in [0.15, 0.2) is 144 Å². The summed E-state index contributed by atoms with van der Waals surface area (Å²) < 4.78 is 5.02. The molecule has 0 fully saturated rings. The number of carbonyl (C=O) groups is 6. The number of aromatic nitrogens is 6. The molecule has 0 aliphatic carbocycles. The fraction of sp³-hybridized carbons (Fsp3) is 0.213. The molecule has 6 heterocycles. The number of nitrogens with one attached hydrogen (secondary N) is 3. The first-order valence-electron chi connectivity index (χ1n) is 26.6. The van der Waals surface area contributed by atoms with Gasteiger partial charge < -0.3 is 41.1 Å². The molecule has 9 rings (SSSR count). The van der Waals surface area contributed by atoms with Crippen molar-refractivity contribution < 1.29 is 33.5 Å². The highest BCUT2D eigenvalue weighted by atomic mass is 35.5. The molecule has 9 aromatic rings. The Morgan fingerprint density at radius 3 is 1.08 bits per heavy atom. The van der Waals surface area contributed by atoms with E-state index < -0.39 is 0 Å². The fourth-order valence-electron chi connectivity index (χ4n) is 7.66. The molecular formula is C61H62ClN13O7S3. The molecule has 0 unspecified atom stereocenters. The van der Waals surface area contributed by atoms with Gasteiger partial charge in [0.2, 0.25) is 23.6 Å². The second-order valence-electron chi connectivity index (χ2n) is 18.5. The number of hydrogen-bond acceptors (Lipinski definition) is 17. The van der Waals surface area contributed by atoms with Crippen LogP contribution in [0.5, 0.6) is 5.88 Å². The number of carbonyl (C=O) groups excluding carboxylic acids is 6. The third-order valence-electron chi connectivity index (χ3n) is 12.7. The van der Waals surface area contributed by atoms with Crippen molar-refractivity contribution in [3.63, 3.8) is 0 Å². The molecular weight excluding hydrogens is 1160 g/mol. The number of pyridine rings is 3. The van der Waals surface area contributed by atoms with Crippen LogP contribution >= 0.6 is 45.6 Å². The maximum atomic E-state index is 12.4. The number of ether oxygens (including phenoxy) is 1. The Bertz CT molecular complexity index is 3530. The Hall–Kier alpha value is -9.29. The van der Waals surface area contributed by atoms with E-state index in [1.54, 1.807) is 95.9 Å². The van der Waals surface area contributed by atoms with Gasteiger partial charge in [-0.3, -0.25) is 28.8 Å². The van der Waals surface area contributed by atoms with Crippen LogP contribution in [0.1, 0.15) is 88.2 Å². The first kappa shape index (κ1) is 63.3. The van der Waals surface area contributed by atoms with Crippen molar-refractivity contribution in [2.24, 2.45) is 0 Å². The topological polar surface area (TPSA) is 261 Å². The van der Waals surface area contributed by atoms with E-state index in [1.165, 1.54) is 34.0 Å². The van der Waals surface area contributed by atoms with Gasteiger partial charge in [-0.25, -0.2) is 29.9 Å². The highest BCUT2D eigenvalue weighted by molar-refractivity contribution is 7.14. The summed E-state index contributed by atoms with van der Waals surface area (Å²) >= 11 is 9.95. The number of thiazole rings is 3. The predicted octanol–water partition coefficient (Wildman–Crippen LogP) is 10.8. The highest BCUT2D eigenvalue weighted by Gasteiger charge is 2.17. The lowest BCUT2D eigenvalue weighted by atomic mass is 10.2. The molecule has 24 heteroatoms. The number of anilines is 4. The zero-order valence-corrected chi connectivity index (χ0v) is 50.9. The van der Waals surface area contributed by atoms with Crippen molar-refractivity contribution in [2.75, 3.05) is 48.7 Å². The lowest BCUT2D eigenvalue weighted by molar-refractivity contribution is -0.118. The number of hydrogen-bond donors (Lipinski definition) is 4. The summed E-state index contributed by atoms with van der Waals surface area (Å²) in [4.78, 5) is 103. The largest absolute Gasteiger partial charge is 0.481 e. The Morgan fingerprint density at radius 2 is 0.800 bits per heavy atom. The predicted molar refractivity (Wildman–Crippen MR) is 336 cm³/mol. The van der Waals surface area contributed by atoms with Crippen LogP contribution in [0.2, 0.25) is 5.15 Å². The molecule has 5 N–H and O–H groups in total. The summed E-state index contributed by atoms with van der Waals surface area (Å²) in [7, 11) is 6.82. The highest BCUT2D eigenvalue weighted by Crippen LogP contribution is 2.29. The average molecular weight is 1220 g/mol. The normalized spacial score (nSPS) is 10.5. The Balaban J connectivity index is 0.000000183. The van der Waals surface area contributed by atoms with E-state index in [1.807, 2.05) is 112 Å². The van der Waals surface area contributed by atoms with Crippen LogP contribution in [-0.4, -0.2) is 93.6 Å². The maximum Gasteiger partial charge on any atom is 0.271 e. The third kappa shape index (κ3) is 17.9. The van der Waals surface area contributed by atoms with E-state index in [9.17, 15) is 28.8 Å².